The van der Waals surface area contributed by atoms with E-state index in [1.807, 2.05) is 78.9 Å². The molecule has 0 unspecified atom stereocenters. The zero-order chi connectivity index (χ0) is 53.4. The summed E-state index contributed by atoms with van der Waals surface area (Å²) < 4.78 is 111. The summed E-state index contributed by atoms with van der Waals surface area (Å²) in [4.78, 5) is 18.7. The van der Waals surface area contributed by atoms with Crippen LogP contribution in [0, 0.1) is 11.6 Å². The van der Waals surface area contributed by atoms with E-state index in [0.717, 1.165) is 62.2 Å². The molecule has 330 valence electrons. The maximum atomic E-state index is 16.3. The van der Waals surface area contributed by atoms with Crippen molar-refractivity contribution >= 4 is 38.5 Å². The van der Waals surface area contributed by atoms with Crippen molar-refractivity contribution in [1.82, 2.24) is 24.3 Å². The molecule has 0 fully saturated rings. The van der Waals surface area contributed by atoms with Crippen molar-refractivity contribution in [3.8, 4) is 55.9 Å². The second-order valence-electron chi connectivity index (χ2n) is 16.6. The summed E-state index contributed by atoms with van der Waals surface area (Å²) >= 11 is 0. The monoisotopic (exact) mass is 903 g/mol. The number of aromatic nitrogens is 5. The third kappa shape index (κ3) is 7.98. The van der Waals surface area contributed by atoms with Crippen LogP contribution in [0.5, 0.6) is 0 Å². The molecule has 0 N–H and O–H groups in total. The van der Waals surface area contributed by atoms with E-state index in [2.05, 4.69) is 26.5 Å². The van der Waals surface area contributed by atoms with Crippen molar-refractivity contribution in [3.05, 3.63) is 247 Å². The summed E-state index contributed by atoms with van der Waals surface area (Å²) in [5, 5.41) is 1.71. The number of hydrogen-bond donors (Lipinski definition) is 0. The summed E-state index contributed by atoms with van der Waals surface area (Å²) in [5.41, 5.74) is 7.26. The van der Waals surface area contributed by atoms with E-state index in [-0.39, 0.29) is 5.56 Å². The lowest BCUT2D eigenvalue weighted by Gasteiger charge is -2.16. The van der Waals surface area contributed by atoms with Crippen LogP contribution in [-0.4, -0.2) is 24.3 Å². The molecule has 5 nitrogen and oxygen atoms in total. The fraction of sp³-hybridized carbons (Fsp3) is 0.0645. The first-order chi connectivity index (χ1) is 37.0. The van der Waals surface area contributed by atoms with Gasteiger partial charge in [0.25, 0.3) is 0 Å². The summed E-state index contributed by atoms with van der Waals surface area (Å²) in [6, 6.07) is 54.5. The van der Waals surface area contributed by atoms with Gasteiger partial charge in [0.05, 0.1) is 38.8 Å². The summed E-state index contributed by atoms with van der Waals surface area (Å²) in [6.07, 6.45) is -7.57. The molecule has 69 heavy (non-hydrogen) atoms. The number of para-hydroxylation sites is 2. The molecule has 7 heteroatoms. The van der Waals surface area contributed by atoms with Crippen LogP contribution in [-0.2, 0) is 25.5 Å². The van der Waals surface area contributed by atoms with Crippen LogP contribution in [0.25, 0.3) is 94.4 Å². The van der Waals surface area contributed by atoms with Crippen molar-refractivity contribution in [2.75, 3.05) is 0 Å². The van der Waals surface area contributed by atoms with Crippen LogP contribution in [0.2, 0.25) is 0 Å². The van der Waals surface area contributed by atoms with Gasteiger partial charge in [-0.3, -0.25) is 19.4 Å². The highest BCUT2D eigenvalue weighted by atomic mass is 19.1. The maximum Gasteiger partial charge on any atom is 0.148 e. The van der Waals surface area contributed by atoms with Crippen LogP contribution in [0.4, 0.5) is 8.78 Å². The van der Waals surface area contributed by atoms with Gasteiger partial charge in [-0.25, -0.2) is 13.8 Å². The summed E-state index contributed by atoms with van der Waals surface area (Å²) in [6.45, 7) is 0. The molecular weight excluding hydrogens is 853 g/mol. The van der Waals surface area contributed by atoms with Gasteiger partial charge in [0, 0.05) is 46.1 Å². The number of halogens is 2. The molecule has 12 aromatic rings. The van der Waals surface area contributed by atoms with Crippen LogP contribution >= 0.6 is 0 Å². The minimum Gasteiger partial charge on any atom is -0.292 e. The number of rotatable bonds is 11. The van der Waals surface area contributed by atoms with Crippen LogP contribution in [0.3, 0.4) is 0 Å². The average molecular weight is 904 g/mol. The SMILES string of the molecule is [2H]C([2H])(c1cc(-c2ccccc2-c2ccc3c4nccc(-c5ccccc5)c4c4nc5ccccc5n4c3c2)cc(C([2H])([2H])C([2H])([2H])c2ccc(-c3ccccn3)cc2F)c1)C([2H])([2H])c1ccc(-c2ccccn2)cc1F. The fourth-order valence-corrected chi connectivity index (χ4v) is 9.08. The molecule has 0 bridgehead atoms. The molecule has 0 saturated carbocycles. The molecule has 0 aliphatic rings. The van der Waals surface area contributed by atoms with Crippen LogP contribution < -0.4 is 0 Å². The average Bonchev–Trinajstić information content (AvgIpc) is 3.87. The van der Waals surface area contributed by atoms with Crippen LogP contribution in [0.1, 0.15) is 33.2 Å². The molecule has 5 aromatic heterocycles. The largest absolute Gasteiger partial charge is 0.292 e. The van der Waals surface area contributed by atoms with Gasteiger partial charge in [-0.2, -0.15) is 0 Å². The number of aryl methyl sites for hydroxylation is 4. The van der Waals surface area contributed by atoms with Gasteiger partial charge >= 0.3 is 0 Å². The maximum absolute atomic E-state index is 16.3. The van der Waals surface area contributed by atoms with Gasteiger partial charge in [-0.1, -0.05) is 133 Å². The number of benzene rings is 7. The van der Waals surface area contributed by atoms with E-state index in [0.29, 0.717) is 44.9 Å². The lowest BCUT2D eigenvalue weighted by Crippen LogP contribution is -2.00. The molecule has 0 aliphatic heterocycles. The minimum absolute atomic E-state index is 0.190. The fourth-order valence-electron chi connectivity index (χ4n) is 9.08. The van der Waals surface area contributed by atoms with Gasteiger partial charge in [-0.05, 0) is 142 Å². The standard InChI is InChI=1S/C62H43F2N5/c63-53-37-46(55-16-8-10-31-65-55)26-24-43(53)22-20-40-34-41(21-23-44-25-27-47(38-54(44)64)56-17-9-11-32-66-56)36-48(35-40)50-15-5-4-14-49(50)45-28-29-52-59(39-45)69-58-19-7-6-18-57(58)68-62(69)60-51(30-33-67-61(52)60)42-12-2-1-3-13-42/h1-19,24-39H,20-23H2/i20D2,21D2,22D2,23D2. The molecule has 0 aliphatic carbocycles. The zero-order valence-corrected chi connectivity index (χ0v) is 36.7. The molecule has 7 aromatic carbocycles. The highest BCUT2D eigenvalue weighted by molar-refractivity contribution is 6.17. The smallest absolute Gasteiger partial charge is 0.148 e. The first-order valence-corrected chi connectivity index (χ1v) is 22.4. The topological polar surface area (TPSA) is 56.0 Å². The van der Waals surface area contributed by atoms with Gasteiger partial charge in [0.15, 0.2) is 0 Å². The molecule has 5 heterocycles. The Bertz CT molecular complexity index is 4140. The molecule has 0 amide bonds. The van der Waals surface area contributed by atoms with E-state index < -0.39 is 59.4 Å². The first-order valence-electron chi connectivity index (χ1n) is 26.4. The van der Waals surface area contributed by atoms with Crippen molar-refractivity contribution in [2.45, 2.75) is 25.5 Å². The number of nitrogens with zero attached hydrogens (tertiary/aromatic N) is 5. The third-order valence-electron chi connectivity index (χ3n) is 12.3. The third-order valence-corrected chi connectivity index (χ3v) is 12.3. The van der Waals surface area contributed by atoms with Crippen molar-refractivity contribution in [3.63, 3.8) is 0 Å². The Morgan fingerprint density at radius 2 is 1.01 bits per heavy atom. The Balaban J connectivity index is 1.05. The van der Waals surface area contributed by atoms with Gasteiger partial charge in [0.2, 0.25) is 0 Å². The summed E-state index contributed by atoms with van der Waals surface area (Å²) in [5.74, 6) is -2.06. The Labute approximate surface area is 409 Å². The Morgan fingerprint density at radius 3 is 1.65 bits per heavy atom. The predicted octanol–water partition coefficient (Wildman–Crippen LogP) is 15.2. The van der Waals surface area contributed by atoms with Gasteiger partial charge in [-0.15, -0.1) is 0 Å². The highest BCUT2D eigenvalue weighted by Crippen LogP contribution is 2.40. The Morgan fingerprint density at radius 1 is 0.420 bits per heavy atom. The molecule has 0 saturated heterocycles. The van der Waals surface area contributed by atoms with Gasteiger partial charge in [0.1, 0.15) is 17.3 Å². The van der Waals surface area contributed by atoms with E-state index >= 15 is 8.78 Å². The summed E-state index contributed by atoms with van der Waals surface area (Å²) in [7, 11) is 0. The number of pyridine rings is 4. The van der Waals surface area contributed by atoms with Crippen molar-refractivity contribution < 1.29 is 19.7 Å². The normalized spacial score (nSPS) is 14.1. The number of fused-ring (bicyclic) bond motifs is 8. The Kier molecular flexibility index (Phi) is 8.73. The molecular formula is C62H43F2N5. The molecule has 12 rings (SSSR count). The first kappa shape index (κ1) is 33.7. The minimum atomic E-state index is -3.11. The Hall–Kier alpha value is -8.68. The lowest BCUT2D eigenvalue weighted by atomic mass is 9.89. The zero-order valence-electron chi connectivity index (χ0n) is 44.7. The van der Waals surface area contributed by atoms with Crippen LogP contribution in [0.15, 0.2) is 213 Å². The van der Waals surface area contributed by atoms with Crippen molar-refractivity contribution in [1.29, 1.82) is 0 Å². The predicted molar refractivity (Wildman–Crippen MR) is 276 cm³/mol. The molecule has 0 radical (unpaired) electrons. The van der Waals surface area contributed by atoms with E-state index in [1.54, 1.807) is 54.7 Å². The van der Waals surface area contributed by atoms with E-state index in [9.17, 15) is 11.0 Å². The van der Waals surface area contributed by atoms with Crippen molar-refractivity contribution in [2.24, 2.45) is 0 Å². The number of hydrogen-bond acceptors (Lipinski definition) is 4. The second kappa shape index (κ2) is 17.8. The molecule has 0 spiro atoms. The van der Waals surface area contributed by atoms with E-state index in [1.165, 1.54) is 48.8 Å². The highest BCUT2D eigenvalue weighted by Gasteiger charge is 2.20. The molecule has 0 atom stereocenters. The quantitative estimate of drug-likeness (QED) is 0.121. The number of imidazole rings is 1. The second-order valence-corrected chi connectivity index (χ2v) is 16.6. The van der Waals surface area contributed by atoms with Gasteiger partial charge < -0.3 is 0 Å². The lowest BCUT2D eigenvalue weighted by molar-refractivity contribution is 0.609. The van der Waals surface area contributed by atoms with E-state index in [4.69, 9.17) is 9.97 Å².